The summed E-state index contributed by atoms with van der Waals surface area (Å²) in [5, 5.41) is 0. The molecule has 0 saturated heterocycles. The van der Waals surface area contributed by atoms with Gasteiger partial charge in [0, 0.05) is 25.3 Å². The monoisotopic (exact) mass is 245 g/mol. The zero-order chi connectivity index (χ0) is 13.1. The maximum absolute atomic E-state index is 11.8. The number of anilines is 1. The van der Waals surface area contributed by atoms with Gasteiger partial charge in [-0.05, 0) is 30.2 Å². The van der Waals surface area contributed by atoms with Crippen LogP contribution in [0.4, 0.5) is 5.69 Å². The Labute approximate surface area is 105 Å². The van der Waals surface area contributed by atoms with Crippen LogP contribution in [0.5, 0.6) is 0 Å². The molecule has 2 nitrogen and oxygen atoms in total. The highest BCUT2D eigenvalue weighted by molar-refractivity contribution is 6.84. The number of benzene rings is 1. The first kappa shape index (κ1) is 13.5. The van der Waals surface area contributed by atoms with E-state index in [-0.39, 0.29) is 5.78 Å². The topological polar surface area (TPSA) is 20.3 Å². The third-order valence-electron chi connectivity index (χ3n) is 2.20. The highest BCUT2D eigenvalue weighted by Gasteiger charge is 2.09. The van der Waals surface area contributed by atoms with Gasteiger partial charge in [0.15, 0.2) is 0 Å². The summed E-state index contributed by atoms with van der Waals surface area (Å²) < 4.78 is 0. The van der Waals surface area contributed by atoms with Crippen LogP contribution in [-0.4, -0.2) is 28.0 Å². The number of carbonyl (C=O) groups excluding carboxylic acids is 1. The standard InChI is InChI=1S/C14H19NOSi/c1-15(2)13-8-6-12(7-9-13)14(16)10-11-17(3,4)5/h6-9H,1-5H3. The Balaban J connectivity index is 2.87. The molecule has 0 heterocycles. The molecule has 0 aliphatic rings. The molecule has 0 aliphatic heterocycles. The molecule has 0 aromatic heterocycles. The normalized spacial score (nSPS) is 10.4. The fraction of sp³-hybridized carbons (Fsp3) is 0.357. The minimum absolute atomic E-state index is 0.0854. The Kier molecular flexibility index (Phi) is 4.14. The molecule has 0 spiro atoms. The van der Waals surface area contributed by atoms with Crippen LogP contribution in [0.1, 0.15) is 10.4 Å². The van der Waals surface area contributed by atoms with Gasteiger partial charge < -0.3 is 4.90 Å². The van der Waals surface area contributed by atoms with Crippen LogP contribution in [0.15, 0.2) is 24.3 Å². The van der Waals surface area contributed by atoms with Crippen molar-refractivity contribution in [2.75, 3.05) is 19.0 Å². The fourth-order valence-corrected chi connectivity index (χ4v) is 1.72. The van der Waals surface area contributed by atoms with E-state index in [2.05, 4.69) is 31.1 Å². The molecular weight excluding hydrogens is 226 g/mol. The summed E-state index contributed by atoms with van der Waals surface area (Å²) in [6, 6.07) is 7.53. The molecule has 0 unspecified atom stereocenters. The zero-order valence-corrected chi connectivity index (χ0v) is 12.2. The Morgan fingerprint density at radius 1 is 1.12 bits per heavy atom. The lowest BCUT2D eigenvalue weighted by molar-refractivity contribution is 0.105. The van der Waals surface area contributed by atoms with Crippen molar-refractivity contribution in [2.24, 2.45) is 0 Å². The molecule has 0 bridgehead atoms. The SMILES string of the molecule is CN(C)c1ccc(C(=O)C#C[Si](C)(C)C)cc1. The van der Waals surface area contributed by atoms with Crippen molar-refractivity contribution < 1.29 is 4.79 Å². The first-order valence-corrected chi connectivity index (χ1v) is 9.14. The summed E-state index contributed by atoms with van der Waals surface area (Å²) in [5.74, 6) is 2.66. The van der Waals surface area contributed by atoms with Gasteiger partial charge in [-0.15, -0.1) is 5.54 Å². The minimum atomic E-state index is -1.47. The van der Waals surface area contributed by atoms with E-state index in [1.807, 2.05) is 43.3 Å². The molecule has 0 atom stereocenters. The third kappa shape index (κ3) is 4.45. The smallest absolute Gasteiger partial charge is 0.235 e. The largest absolute Gasteiger partial charge is 0.378 e. The number of hydrogen-bond acceptors (Lipinski definition) is 2. The maximum atomic E-state index is 11.8. The number of hydrogen-bond donors (Lipinski definition) is 0. The lowest BCUT2D eigenvalue weighted by atomic mass is 10.1. The molecule has 1 aromatic rings. The van der Waals surface area contributed by atoms with E-state index in [1.165, 1.54) is 0 Å². The predicted molar refractivity (Wildman–Crippen MR) is 76.2 cm³/mol. The van der Waals surface area contributed by atoms with Gasteiger partial charge in [-0.25, -0.2) is 0 Å². The van der Waals surface area contributed by atoms with Crippen LogP contribution >= 0.6 is 0 Å². The first-order valence-electron chi connectivity index (χ1n) is 5.64. The van der Waals surface area contributed by atoms with Gasteiger partial charge in [-0.2, -0.15) is 0 Å². The highest BCUT2D eigenvalue weighted by Crippen LogP contribution is 2.12. The van der Waals surface area contributed by atoms with Crippen LogP contribution in [0.2, 0.25) is 19.6 Å². The third-order valence-corrected chi connectivity index (χ3v) is 3.07. The molecule has 0 radical (unpaired) electrons. The molecule has 0 fully saturated rings. The van der Waals surface area contributed by atoms with Gasteiger partial charge in [-0.1, -0.05) is 19.6 Å². The van der Waals surface area contributed by atoms with Crippen molar-refractivity contribution in [3.8, 4) is 11.5 Å². The van der Waals surface area contributed by atoms with Crippen molar-refractivity contribution in [3.63, 3.8) is 0 Å². The van der Waals surface area contributed by atoms with Gasteiger partial charge in [0.05, 0.1) is 0 Å². The summed E-state index contributed by atoms with van der Waals surface area (Å²) in [6.07, 6.45) is 0. The van der Waals surface area contributed by atoms with E-state index in [0.717, 1.165) is 5.69 Å². The number of ketones is 1. The molecular formula is C14H19NOSi. The van der Waals surface area contributed by atoms with Crippen molar-refractivity contribution in [1.82, 2.24) is 0 Å². The molecule has 0 N–H and O–H groups in total. The molecule has 90 valence electrons. The summed E-state index contributed by atoms with van der Waals surface area (Å²) >= 11 is 0. The van der Waals surface area contributed by atoms with Crippen LogP contribution in [-0.2, 0) is 0 Å². The van der Waals surface area contributed by atoms with Crippen LogP contribution in [0.3, 0.4) is 0 Å². The number of Topliss-reactive ketones (excluding diaryl/α,β-unsaturated/α-hetero) is 1. The van der Waals surface area contributed by atoms with Crippen molar-refractivity contribution in [3.05, 3.63) is 29.8 Å². The first-order chi connectivity index (χ1) is 7.79. The molecule has 1 rings (SSSR count). The van der Waals surface area contributed by atoms with Gasteiger partial charge in [0.2, 0.25) is 5.78 Å². The van der Waals surface area contributed by atoms with Gasteiger partial charge >= 0.3 is 0 Å². The second kappa shape index (κ2) is 5.20. The highest BCUT2D eigenvalue weighted by atomic mass is 28.3. The molecule has 3 heteroatoms. The molecule has 1 aromatic carbocycles. The number of nitrogens with zero attached hydrogens (tertiary/aromatic N) is 1. The van der Waals surface area contributed by atoms with Gasteiger partial charge in [-0.3, -0.25) is 4.79 Å². The average Bonchev–Trinajstić information content (AvgIpc) is 2.25. The molecule has 0 saturated carbocycles. The predicted octanol–water partition coefficient (Wildman–Crippen LogP) is 2.82. The Morgan fingerprint density at radius 2 is 1.65 bits per heavy atom. The minimum Gasteiger partial charge on any atom is -0.378 e. The lowest BCUT2D eigenvalue weighted by Crippen LogP contribution is -2.17. The van der Waals surface area contributed by atoms with E-state index >= 15 is 0 Å². The van der Waals surface area contributed by atoms with E-state index in [1.54, 1.807) is 0 Å². The Bertz CT molecular complexity index is 458. The summed E-state index contributed by atoms with van der Waals surface area (Å²) in [5.41, 5.74) is 4.84. The number of rotatable bonds is 2. The van der Waals surface area contributed by atoms with Crippen molar-refractivity contribution >= 4 is 19.5 Å². The lowest BCUT2D eigenvalue weighted by Gasteiger charge is -2.11. The van der Waals surface area contributed by atoms with Crippen LogP contribution in [0, 0.1) is 11.5 Å². The maximum Gasteiger partial charge on any atom is 0.235 e. The Hall–Kier alpha value is -1.53. The quantitative estimate of drug-likeness (QED) is 0.454. The van der Waals surface area contributed by atoms with E-state index in [4.69, 9.17) is 0 Å². The summed E-state index contributed by atoms with van der Waals surface area (Å²) in [7, 11) is 2.48. The molecule has 17 heavy (non-hydrogen) atoms. The fourth-order valence-electron chi connectivity index (χ4n) is 1.23. The van der Waals surface area contributed by atoms with E-state index in [9.17, 15) is 4.79 Å². The molecule has 0 amide bonds. The second-order valence-electron chi connectivity index (χ2n) is 5.27. The zero-order valence-electron chi connectivity index (χ0n) is 11.2. The van der Waals surface area contributed by atoms with Gasteiger partial charge in [0.25, 0.3) is 0 Å². The second-order valence-corrected chi connectivity index (χ2v) is 10.0. The van der Waals surface area contributed by atoms with E-state index in [0.29, 0.717) is 5.56 Å². The van der Waals surface area contributed by atoms with Crippen LogP contribution < -0.4 is 4.90 Å². The van der Waals surface area contributed by atoms with Crippen molar-refractivity contribution in [1.29, 1.82) is 0 Å². The van der Waals surface area contributed by atoms with Crippen LogP contribution in [0.25, 0.3) is 0 Å². The average molecular weight is 245 g/mol. The van der Waals surface area contributed by atoms with E-state index < -0.39 is 8.07 Å². The summed E-state index contributed by atoms with van der Waals surface area (Å²) in [4.78, 5) is 13.8. The van der Waals surface area contributed by atoms with Crippen molar-refractivity contribution in [2.45, 2.75) is 19.6 Å². The molecule has 0 aliphatic carbocycles. The summed E-state index contributed by atoms with van der Waals surface area (Å²) in [6.45, 7) is 6.38. The Morgan fingerprint density at radius 3 is 2.06 bits per heavy atom. The number of carbonyl (C=O) groups is 1. The van der Waals surface area contributed by atoms with Gasteiger partial charge in [0.1, 0.15) is 8.07 Å².